The number of carbonyl (C=O) groups excluding carboxylic acids is 1. The van der Waals surface area contributed by atoms with E-state index in [0.29, 0.717) is 11.8 Å². The number of aliphatic hydroxyl groups is 2. The SMILES string of the molecule is C[C@]1(CO)CCC[C@@]2(C)C1CC[C@@]1(C)C3=C(CCC21)C(O)OC3=O. The predicted octanol–water partition coefficient (Wildman–Crippen LogP) is 3.17. The largest absolute Gasteiger partial charge is 0.428 e. The van der Waals surface area contributed by atoms with Gasteiger partial charge in [-0.25, -0.2) is 4.79 Å². The Balaban J connectivity index is 1.78. The second-order valence-electron chi connectivity index (χ2n) is 9.43. The molecule has 2 fully saturated rings. The third-order valence-electron chi connectivity index (χ3n) is 8.29. The maximum atomic E-state index is 12.4. The lowest BCUT2D eigenvalue weighted by Crippen LogP contribution is -2.58. The fourth-order valence-electron chi connectivity index (χ4n) is 7.23. The Morgan fingerprint density at radius 2 is 1.88 bits per heavy atom. The van der Waals surface area contributed by atoms with Crippen molar-refractivity contribution in [2.45, 2.75) is 72.0 Å². The average Bonchev–Trinajstić information content (AvgIpc) is 2.82. The molecule has 3 aliphatic carbocycles. The summed E-state index contributed by atoms with van der Waals surface area (Å²) >= 11 is 0. The Hall–Kier alpha value is -0.870. The zero-order chi connectivity index (χ0) is 17.3. The minimum atomic E-state index is -1.02. The first-order valence-corrected chi connectivity index (χ1v) is 9.50. The Morgan fingerprint density at radius 3 is 2.58 bits per heavy atom. The second kappa shape index (κ2) is 5.07. The van der Waals surface area contributed by atoms with Gasteiger partial charge in [-0.05, 0) is 61.2 Å². The summed E-state index contributed by atoms with van der Waals surface area (Å²) in [7, 11) is 0. The van der Waals surface area contributed by atoms with Crippen LogP contribution in [0.1, 0.15) is 65.7 Å². The van der Waals surface area contributed by atoms with Crippen LogP contribution in [0.3, 0.4) is 0 Å². The number of rotatable bonds is 1. The van der Waals surface area contributed by atoms with Gasteiger partial charge >= 0.3 is 5.97 Å². The van der Waals surface area contributed by atoms with Crippen LogP contribution in [0, 0.1) is 28.1 Å². The van der Waals surface area contributed by atoms with E-state index in [1.54, 1.807) is 0 Å². The van der Waals surface area contributed by atoms with Gasteiger partial charge in [-0.2, -0.15) is 0 Å². The van der Waals surface area contributed by atoms with Gasteiger partial charge in [0.05, 0.1) is 0 Å². The standard InChI is InChI=1S/C20H30O4/c1-18(11-21)8-4-9-19(2)13(18)7-10-20(3)14(19)6-5-12-15(20)17(23)24-16(12)22/h13-14,16,21-22H,4-11H2,1-3H3/t13?,14?,16?,18-,19+,20-/m1/s1. The van der Waals surface area contributed by atoms with E-state index < -0.39 is 6.29 Å². The number of carbonyl (C=O) groups is 1. The highest BCUT2D eigenvalue weighted by molar-refractivity contribution is 5.94. The Labute approximate surface area is 144 Å². The molecule has 24 heavy (non-hydrogen) atoms. The lowest BCUT2D eigenvalue weighted by Gasteiger charge is -2.64. The Kier molecular flexibility index (Phi) is 3.51. The molecular weight excluding hydrogens is 304 g/mol. The van der Waals surface area contributed by atoms with Crippen LogP contribution in [-0.2, 0) is 9.53 Å². The summed E-state index contributed by atoms with van der Waals surface area (Å²) in [4.78, 5) is 12.4. The third kappa shape index (κ3) is 1.90. The maximum absolute atomic E-state index is 12.4. The molecule has 2 N–H and O–H groups in total. The summed E-state index contributed by atoms with van der Waals surface area (Å²) in [5.74, 6) is 0.630. The van der Waals surface area contributed by atoms with Crippen LogP contribution in [0.25, 0.3) is 0 Å². The van der Waals surface area contributed by atoms with Crippen molar-refractivity contribution in [2.24, 2.45) is 28.1 Å². The highest BCUT2D eigenvalue weighted by atomic mass is 16.6. The summed E-state index contributed by atoms with van der Waals surface area (Å²) in [5.41, 5.74) is 1.57. The van der Waals surface area contributed by atoms with Gasteiger partial charge < -0.3 is 14.9 Å². The van der Waals surface area contributed by atoms with Crippen molar-refractivity contribution < 1.29 is 19.7 Å². The van der Waals surface area contributed by atoms with Crippen molar-refractivity contribution in [3.05, 3.63) is 11.1 Å². The summed E-state index contributed by atoms with van der Waals surface area (Å²) in [6.45, 7) is 7.12. The van der Waals surface area contributed by atoms with Crippen LogP contribution in [0.15, 0.2) is 11.1 Å². The van der Waals surface area contributed by atoms with Crippen LogP contribution >= 0.6 is 0 Å². The van der Waals surface area contributed by atoms with Gasteiger partial charge in [0.15, 0.2) is 0 Å². The normalized spacial score (nSPS) is 50.9. The molecule has 0 amide bonds. The van der Waals surface area contributed by atoms with Gasteiger partial charge in [-0.15, -0.1) is 0 Å². The quantitative estimate of drug-likeness (QED) is 0.723. The first-order valence-electron chi connectivity index (χ1n) is 9.50. The van der Waals surface area contributed by atoms with Crippen molar-refractivity contribution in [3.8, 4) is 0 Å². The first-order chi connectivity index (χ1) is 11.3. The lowest BCUT2D eigenvalue weighted by molar-refractivity contribution is -0.156. The van der Waals surface area contributed by atoms with Crippen molar-refractivity contribution in [2.75, 3.05) is 6.61 Å². The predicted molar refractivity (Wildman–Crippen MR) is 89.8 cm³/mol. The molecule has 0 saturated heterocycles. The van der Waals surface area contributed by atoms with E-state index in [1.807, 2.05) is 0 Å². The molecule has 0 aromatic heterocycles. The smallest absolute Gasteiger partial charge is 0.337 e. The zero-order valence-corrected chi connectivity index (χ0v) is 15.1. The van der Waals surface area contributed by atoms with Crippen molar-refractivity contribution in [1.29, 1.82) is 0 Å². The van der Waals surface area contributed by atoms with E-state index in [1.165, 1.54) is 6.42 Å². The summed E-state index contributed by atoms with van der Waals surface area (Å²) in [6, 6.07) is 0. The highest BCUT2D eigenvalue weighted by Gasteiger charge is 2.63. The maximum Gasteiger partial charge on any atom is 0.337 e. The average molecular weight is 334 g/mol. The van der Waals surface area contributed by atoms with E-state index in [2.05, 4.69) is 20.8 Å². The number of cyclic esters (lactones) is 1. The van der Waals surface area contributed by atoms with Gasteiger partial charge in [0.25, 0.3) is 0 Å². The van der Waals surface area contributed by atoms with Crippen LogP contribution < -0.4 is 0 Å². The fraction of sp³-hybridized carbons (Fsp3) is 0.850. The van der Waals surface area contributed by atoms with Crippen molar-refractivity contribution in [1.82, 2.24) is 0 Å². The number of aliphatic hydroxyl groups excluding tert-OH is 2. The number of fused-ring (bicyclic) bond motifs is 4. The number of hydrogen-bond donors (Lipinski definition) is 2. The summed E-state index contributed by atoms with van der Waals surface area (Å²) in [6.07, 6.45) is 6.17. The molecular formula is C20H30O4. The zero-order valence-electron chi connectivity index (χ0n) is 15.1. The van der Waals surface area contributed by atoms with Gasteiger partial charge in [0, 0.05) is 23.2 Å². The van der Waals surface area contributed by atoms with Gasteiger partial charge in [0.2, 0.25) is 6.29 Å². The molecule has 3 unspecified atom stereocenters. The molecule has 4 heteroatoms. The molecule has 1 heterocycles. The molecule has 0 aromatic carbocycles. The molecule has 6 atom stereocenters. The molecule has 4 rings (SSSR count). The monoisotopic (exact) mass is 334 g/mol. The summed E-state index contributed by atoms with van der Waals surface area (Å²) < 4.78 is 5.16. The minimum absolute atomic E-state index is 0.00130. The topological polar surface area (TPSA) is 66.8 Å². The van der Waals surface area contributed by atoms with E-state index in [9.17, 15) is 15.0 Å². The minimum Gasteiger partial charge on any atom is -0.428 e. The molecule has 1 aliphatic heterocycles. The molecule has 4 nitrogen and oxygen atoms in total. The number of esters is 1. The van der Waals surface area contributed by atoms with E-state index in [4.69, 9.17) is 4.74 Å². The fourth-order valence-corrected chi connectivity index (χ4v) is 7.23. The lowest BCUT2D eigenvalue weighted by atomic mass is 9.40. The second-order valence-corrected chi connectivity index (χ2v) is 9.43. The summed E-state index contributed by atoms with van der Waals surface area (Å²) in [5, 5.41) is 20.2. The van der Waals surface area contributed by atoms with Gasteiger partial charge in [0.1, 0.15) is 0 Å². The molecule has 0 bridgehead atoms. The molecule has 4 aliphatic rings. The van der Waals surface area contributed by atoms with E-state index >= 15 is 0 Å². The molecule has 0 aromatic rings. The van der Waals surface area contributed by atoms with Crippen LogP contribution in [0.4, 0.5) is 0 Å². The third-order valence-corrected chi connectivity index (χ3v) is 8.29. The number of hydrogen-bond acceptors (Lipinski definition) is 4. The molecule has 2 saturated carbocycles. The van der Waals surface area contributed by atoms with E-state index in [0.717, 1.165) is 49.7 Å². The first kappa shape index (κ1) is 16.6. The molecule has 134 valence electrons. The van der Waals surface area contributed by atoms with E-state index in [-0.39, 0.29) is 28.8 Å². The molecule has 0 spiro atoms. The van der Waals surface area contributed by atoms with Gasteiger partial charge in [-0.1, -0.05) is 27.2 Å². The van der Waals surface area contributed by atoms with Crippen molar-refractivity contribution >= 4 is 5.97 Å². The van der Waals surface area contributed by atoms with Crippen molar-refractivity contribution in [3.63, 3.8) is 0 Å². The molecule has 0 radical (unpaired) electrons. The van der Waals surface area contributed by atoms with Crippen LogP contribution in [-0.4, -0.2) is 29.1 Å². The van der Waals surface area contributed by atoms with Crippen LogP contribution in [0.2, 0.25) is 0 Å². The number of ether oxygens (including phenoxy) is 1. The Bertz CT molecular complexity index is 611. The van der Waals surface area contributed by atoms with Crippen LogP contribution in [0.5, 0.6) is 0 Å². The van der Waals surface area contributed by atoms with Gasteiger partial charge in [-0.3, -0.25) is 0 Å². The Morgan fingerprint density at radius 1 is 1.12 bits per heavy atom. The highest BCUT2D eigenvalue weighted by Crippen LogP contribution is 2.68.